The van der Waals surface area contributed by atoms with Crippen LogP contribution in [0.25, 0.3) is 0 Å². The molecule has 1 rings (SSSR count). The lowest BCUT2D eigenvalue weighted by Gasteiger charge is -2.20. The second kappa shape index (κ2) is 2.86. The minimum Gasteiger partial charge on any atom is -0.395 e. The van der Waals surface area contributed by atoms with Crippen LogP contribution in [0.15, 0.2) is 0 Å². The van der Waals surface area contributed by atoms with Gasteiger partial charge in [-0.15, -0.1) is 0 Å². The van der Waals surface area contributed by atoms with E-state index < -0.39 is 10.0 Å². The van der Waals surface area contributed by atoms with Crippen LogP contribution in [0.2, 0.25) is 0 Å². The van der Waals surface area contributed by atoms with Gasteiger partial charge in [-0.25, -0.2) is 13.1 Å². The molecule has 1 atom stereocenters. The molecule has 0 aliphatic carbocycles. The van der Waals surface area contributed by atoms with Gasteiger partial charge in [-0.1, -0.05) is 0 Å². The lowest BCUT2D eigenvalue weighted by Crippen LogP contribution is -2.42. The van der Waals surface area contributed by atoms with Crippen LogP contribution in [0.3, 0.4) is 0 Å². The first kappa shape index (κ1) is 7.97. The van der Waals surface area contributed by atoms with Crippen molar-refractivity contribution in [2.45, 2.75) is 18.9 Å². The Balaban J connectivity index is 2.56. The smallest absolute Gasteiger partial charge is 0.211 e. The van der Waals surface area contributed by atoms with Gasteiger partial charge in [0.25, 0.3) is 0 Å². The van der Waals surface area contributed by atoms with Gasteiger partial charge in [0.15, 0.2) is 0 Å². The van der Waals surface area contributed by atoms with Gasteiger partial charge in [0.05, 0.1) is 12.4 Å². The highest BCUT2D eigenvalue weighted by atomic mass is 32.2. The maximum Gasteiger partial charge on any atom is 0.211 e. The second-order valence-corrected chi connectivity index (χ2v) is 4.33. The van der Waals surface area contributed by atoms with E-state index in [0.29, 0.717) is 6.42 Å². The van der Waals surface area contributed by atoms with Crippen LogP contribution in [0.5, 0.6) is 0 Å². The number of hydrogen-bond acceptors (Lipinski definition) is 3. The molecule has 1 aliphatic heterocycles. The molecule has 0 unspecified atom stereocenters. The normalized spacial score (nSPS) is 31.9. The van der Waals surface area contributed by atoms with Gasteiger partial charge < -0.3 is 5.11 Å². The van der Waals surface area contributed by atoms with Gasteiger partial charge >= 0.3 is 0 Å². The van der Waals surface area contributed by atoms with Crippen LogP contribution in [-0.4, -0.2) is 31.9 Å². The zero-order chi connectivity index (χ0) is 7.61. The van der Waals surface area contributed by atoms with Gasteiger partial charge in [0, 0.05) is 6.04 Å². The number of aliphatic hydroxyl groups excluding tert-OH is 1. The highest BCUT2D eigenvalue weighted by Gasteiger charge is 2.22. The van der Waals surface area contributed by atoms with E-state index in [-0.39, 0.29) is 18.4 Å². The third-order valence-electron chi connectivity index (χ3n) is 1.53. The molecule has 60 valence electrons. The highest BCUT2D eigenvalue weighted by Crippen LogP contribution is 2.07. The molecule has 5 heteroatoms. The van der Waals surface area contributed by atoms with E-state index in [1.807, 2.05) is 0 Å². The van der Waals surface area contributed by atoms with E-state index in [2.05, 4.69) is 4.72 Å². The monoisotopic (exact) mass is 165 g/mol. The Morgan fingerprint density at radius 2 is 2.30 bits per heavy atom. The fourth-order valence-corrected chi connectivity index (χ4v) is 2.38. The predicted octanol–water partition coefficient (Wildman–Crippen LogP) is -0.940. The molecule has 2 N–H and O–H groups in total. The summed E-state index contributed by atoms with van der Waals surface area (Å²) in [4.78, 5) is 0. The molecule has 1 saturated heterocycles. The Labute approximate surface area is 60.3 Å². The molecule has 0 radical (unpaired) electrons. The predicted molar refractivity (Wildman–Crippen MR) is 37.0 cm³/mol. The lowest BCUT2D eigenvalue weighted by molar-refractivity contribution is 0.246. The van der Waals surface area contributed by atoms with Gasteiger partial charge in [-0.05, 0) is 12.8 Å². The molecule has 1 aliphatic rings. The maximum atomic E-state index is 10.8. The molecular weight excluding hydrogens is 154 g/mol. The quantitative estimate of drug-likeness (QED) is 0.527. The van der Waals surface area contributed by atoms with Crippen molar-refractivity contribution in [3.05, 3.63) is 0 Å². The van der Waals surface area contributed by atoms with Crippen molar-refractivity contribution in [1.29, 1.82) is 0 Å². The summed E-state index contributed by atoms with van der Waals surface area (Å²) in [6.45, 7) is -0.0980. The lowest BCUT2D eigenvalue weighted by atomic mass is 10.2. The third-order valence-corrected chi connectivity index (χ3v) is 3.05. The summed E-state index contributed by atoms with van der Waals surface area (Å²) in [5.41, 5.74) is 0. The Hall–Kier alpha value is -0.130. The summed E-state index contributed by atoms with van der Waals surface area (Å²) in [7, 11) is -3.05. The molecule has 0 aromatic carbocycles. The maximum absolute atomic E-state index is 10.8. The fourth-order valence-electron chi connectivity index (χ4n) is 1.02. The summed E-state index contributed by atoms with van der Waals surface area (Å²) < 4.78 is 24.0. The zero-order valence-electron chi connectivity index (χ0n) is 5.58. The van der Waals surface area contributed by atoms with E-state index in [1.54, 1.807) is 0 Å². The highest BCUT2D eigenvalue weighted by molar-refractivity contribution is 7.89. The molecule has 0 amide bonds. The Bertz CT molecular complexity index is 199. The van der Waals surface area contributed by atoms with Crippen LogP contribution >= 0.6 is 0 Å². The molecule has 0 aromatic heterocycles. The largest absolute Gasteiger partial charge is 0.395 e. The fraction of sp³-hybridized carbons (Fsp3) is 1.00. The van der Waals surface area contributed by atoms with Crippen LogP contribution in [0.1, 0.15) is 12.8 Å². The summed E-state index contributed by atoms with van der Waals surface area (Å²) in [5.74, 6) is 0.198. The minimum absolute atomic E-state index is 0.0980. The van der Waals surface area contributed by atoms with E-state index in [1.165, 1.54) is 0 Å². The van der Waals surface area contributed by atoms with Crippen molar-refractivity contribution in [3.63, 3.8) is 0 Å². The third kappa shape index (κ3) is 1.93. The van der Waals surface area contributed by atoms with Crippen molar-refractivity contribution in [2.75, 3.05) is 12.4 Å². The Kier molecular flexibility index (Phi) is 2.28. The van der Waals surface area contributed by atoms with E-state index in [0.717, 1.165) is 6.42 Å². The van der Waals surface area contributed by atoms with Crippen LogP contribution < -0.4 is 4.72 Å². The number of rotatable bonds is 1. The Morgan fingerprint density at radius 1 is 1.60 bits per heavy atom. The van der Waals surface area contributed by atoms with Gasteiger partial charge in [-0.2, -0.15) is 0 Å². The first-order valence-electron chi connectivity index (χ1n) is 3.25. The first-order valence-corrected chi connectivity index (χ1v) is 4.90. The summed E-state index contributed by atoms with van der Waals surface area (Å²) >= 11 is 0. The van der Waals surface area contributed by atoms with Crippen LogP contribution in [-0.2, 0) is 10.0 Å². The standard InChI is InChI=1S/C5H11NO3S/c7-4-5-2-1-3-10(8,9)6-5/h5-7H,1-4H2/t5-/m0/s1. The van der Waals surface area contributed by atoms with Crippen molar-refractivity contribution < 1.29 is 13.5 Å². The average molecular weight is 165 g/mol. The number of sulfonamides is 1. The molecule has 0 saturated carbocycles. The molecular formula is C5H11NO3S. The number of nitrogens with one attached hydrogen (secondary N) is 1. The van der Waals surface area contributed by atoms with Crippen molar-refractivity contribution in [1.82, 2.24) is 4.72 Å². The van der Waals surface area contributed by atoms with E-state index in [4.69, 9.17) is 5.11 Å². The van der Waals surface area contributed by atoms with Crippen molar-refractivity contribution >= 4 is 10.0 Å². The molecule has 4 nitrogen and oxygen atoms in total. The van der Waals surface area contributed by atoms with Gasteiger partial charge in [0.1, 0.15) is 0 Å². The number of hydrogen-bond donors (Lipinski definition) is 2. The minimum atomic E-state index is -3.05. The van der Waals surface area contributed by atoms with Crippen molar-refractivity contribution in [3.8, 4) is 0 Å². The molecule has 0 aromatic rings. The summed E-state index contributed by atoms with van der Waals surface area (Å²) in [5, 5.41) is 8.60. The second-order valence-electron chi connectivity index (χ2n) is 2.46. The Morgan fingerprint density at radius 3 is 2.70 bits per heavy atom. The van der Waals surface area contributed by atoms with Crippen LogP contribution in [0.4, 0.5) is 0 Å². The SMILES string of the molecule is O=S1(=O)CCC[C@@H](CO)N1. The van der Waals surface area contributed by atoms with Gasteiger partial charge in [-0.3, -0.25) is 0 Å². The van der Waals surface area contributed by atoms with E-state index >= 15 is 0 Å². The van der Waals surface area contributed by atoms with Crippen molar-refractivity contribution in [2.24, 2.45) is 0 Å². The van der Waals surface area contributed by atoms with Gasteiger partial charge in [0.2, 0.25) is 10.0 Å². The molecule has 0 spiro atoms. The first-order chi connectivity index (χ1) is 4.64. The summed E-state index contributed by atoms with van der Waals surface area (Å²) in [6, 6.07) is -0.251. The van der Waals surface area contributed by atoms with Crippen LogP contribution in [0, 0.1) is 0 Å². The zero-order valence-corrected chi connectivity index (χ0v) is 6.39. The molecule has 1 fully saturated rings. The summed E-state index contributed by atoms with van der Waals surface area (Å²) in [6.07, 6.45) is 1.40. The average Bonchev–Trinajstić information content (AvgIpc) is 1.86. The van der Waals surface area contributed by atoms with E-state index in [9.17, 15) is 8.42 Å². The topological polar surface area (TPSA) is 66.4 Å². The molecule has 0 bridgehead atoms. The number of aliphatic hydroxyl groups is 1. The molecule has 10 heavy (non-hydrogen) atoms. The molecule has 1 heterocycles.